The van der Waals surface area contributed by atoms with E-state index in [2.05, 4.69) is 15.5 Å². The minimum atomic E-state index is -0.0386. The van der Waals surface area contributed by atoms with Gasteiger partial charge in [-0.05, 0) is 38.6 Å². The monoisotopic (exact) mass is 343 g/mol. The summed E-state index contributed by atoms with van der Waals surface area (Å²) in [5.74, 6) is 1.27. The minimum absolute atomic E-state index is 0. The van der Waals surface area contributed by atoms with Crippen LogP contribution in [0.3, 0.4) is 0 Å². The van der Waals surface area contributed by atoms with E-state index in [1.54, 1.807) is 32.4 Å². The Morgan fingerprint density at radius 1 is 1.35 bits per heavy atom. The Morgan fingerprint density at radius 3 is 2.78 bits per heavy atom. The summed E-state index contributed by atoms with van der Waals surface area (Å²) in [6.07, 6.45) is 2.28. The molecule has 6 nitrogen and oxygen atoms in total. The highest BCUT2D eigenvalue weighted by molar-refractivity contribution is 5.94. The number of carbonyl (C=O) groups excluding carboxylic acids is 1. The maximum Gasteiger partial charge on any atom is 0.238 e. The molecule has 1 fully saturated rings. The maximum absolute atomic E-state index is 12.3. The van der Waals surface area contributed by atoms with Crippen LogP contribution in [0.2, 0.25) is 0 Å². The molecule has 1 amide bonds. The van der Waals surface area contributed by atoms with Crippen LogP contribution in [-0.4, -0.2) is 57.8 Å². The Morgan fingerprint density at radius 2 is 2.13 bits per heavy atom. The zero-order valence-corrected chi connectivity index (χ0v) is 14.7. The summed E-state index contributed by atoms with van der Waals surface area (Å²) in [5.41, 5.74) is 0.633. The highest BCUT2D eigenvalue weighted by Gasteiger charge is 2.20. The van der Waals surface area contributed by atoms with Gasteiger partial charge in [0.1, 0.15) is 11.5 Å². The zero-order valence-electron chi connectivity index (χ0n) is 13.9. The summed E-state index contributed by atoms with van der Waals surface area (Å²) in [7, 11) is 5.15. The zero-order chi connectivity index (χ0) is 15.9. The number of benzene rings is 1. The number of piperidine rings is 1. The molecule has 1 aliphatic heterocycles. The summed E-state index contributed by atoms with van der Waals surface area (Å²) in [6, 6.07) is 5.82. The first kappa shape index (κ1) is 19.5. The van der Waals surface area contributed by atoms with E-state index in [9.17, 15) is 4.79 Å². The molecule has 1 saturated heterocycles. The molecule has 0 radical (unpaired) electrons. The Kier molecular flexibility index (Phi) is 8.16. The van der Waals surface area contributed by atoms with Crippen molar-refractivity contribution in [3.8, 4) is 11.5 Å². The van der Waals surface area contributed by atoms with Crippen molar-refractivity contribution in [2.24, 2.45) is 0 Å². The van der Waals surface area contributed by atoms with Crippen molar-refractivity contribution in [2.45, 2.75) is 18.9 Å². The third-order valence-electron chi connectivity index (χ3n) is 3.96. The summed E-state index contributed by atoms with van der Waals surface area (Å²) < 4.78 is 10.5. The van der Waals surface area contributed by atoms with Gasteiger partial charge >= 0.3 is 0 Å². The van der Waals surface area contributed by atoms with Gasteiger partial charge in [0.05, 0.1) is 26.5 Å². The minimum Gasteiger partial charge on any atom is -0.497 e. The Bertz CT molecular complexity index is 513. The van der Waals surface area contributed by atoms with Crippen molar-refractivity contribution < 1.29 is 14.3 Å². The van der Waals surface area contributed by atoms with Crippen molar-refractivity contribution in [1.29, 1.82) is 0 Å². The van der Waals surface area contributed by atoms with E-state index in [1.807, 2.05) is 7.05 Å². The number of likely N-dealkylation sites (N-methyl/N-ethyl adjacent to an activating group) is 1. The molecule has 0 saturated carbocycles. The normalized spacial score (nSPS) is 18.0. The molecule has 0 aromatic heterocycles. The molecule has 1 aliphatic rings. The first-order chi connectivity index (χ1) is 10.7. The number of amides is 1. The van der Waals surface area contributed by atoms with Crippen LogP contribution in [0.1, 0.15) is 12.8 Å². The third-order valence-corrected chi connectivity index (χ3v) is 3.96. The first-order valence-electron chi connectivity index (χ1n) is 7.57. The number of carbonyl (C=O) groups is 1. The van der Waals surface area contributed by atoms with E-state index < -0.39 is 0 Å². The van der Waals surface area contributed by atoms with Crippen LogP contribution in [-0.2, 0) is 4.79 Å². The van der Waals surface area contributed by atoms with Crippen LogP contribution in [0.25, 0.3) is 0 Å². The van der Waals surface area contributed by atoms with Crippen LogP contribution in [0.4, 0.5) is 5.69 Å². The number of nitrogens with one attached hydrogen (secondary N) is 2. The van der Waals surface area contributed by atoms with Crippen molar-refractivity contribution in [3.05, 3.63) is 18.2 Å². The van der Waals surface area contributed by atoms with Crippen molar-refractivity contribution in [3.63, 3.8) is 0 Å². The molecule has 130 valence electrons. The van der Waals surface area contributed by atoms with Crippen LogP contribution in [0.15, 0.2) is 18.2 Å². The lowest BCUT2D eigenvalue weighted by Crippen LogP contribution is -2.46. The van der Waals surface area contributed by atoms with Crippen molar-refractivity contribution >= 4 is 24.0 Å². The summed E-state index contributed by atoms with van der Waals surface area (Å²) in [6.45, 7) is 2.25. The van der Waals surface area contributed by atoms with Crippen LogP contribution >= 0.6 is 12.4 Å². The lowest BCUT2D eigenvalue weighted by atomic mass is 10.1. The molecule has 23 heavy (non-hydrogen) atoms. The van der Waals surface area contributed by atoms with Crippen LogP contribution in [0.5, 0.6) is 11.5 Å². The molecular formula is C16H26ClN3O3. The fourth-order valence-electron chi connectivity index (χ4n) is 2.74. The third kappa shape index (κ3) is 5.57. The molecule has 1 unspecified atom stereocenters. The van der Waals surface area contributed by atoms with Gasteiger partial charge in [-0.15, -0.1) is 12.4 Å². The van der Waals surface area contributed by atoms with Gasteiger partial charge in [0.2, 0.25) is 5.91 Å². The average molecular weight is 344 g/mol. The molecule has 1 atom stereocenters. The summed E-state index contributed by atoms with van der Waals surface area (Å²) in [4.78, 5) is 14.4. The lowest BCUT2D eigenvalue weighted by Gasteiger charge is -2.31. The molecule has 2 rings (SSSR count). The molecule has 0 spiro atoms. The second-order valence-electron chi connectivity index (χ2n) is 5.48. The number of nitrogens with zero attached hydrogens (tertiary/aromatic N) is 1. The van der Waals surface area contributed by atoms with E-state index in [-0.39, 0.29) is 18.3 Å². The summed E-state index contributed by atoms with van der Waals surface area (Å²) >= 11 is 0. The Hall–Kier alpha value is -1.50. The number of rotatable bonds is 6. The van der Waals surface area contributed by atoms with E-state index in [4.69, 9.17) is 9.47 Å². The standard InChI is InChI=1S/C16H25N3O3.ClH/c1-17-12-5-4-8-19(10-12)11-16(20)18-14-9-13(21-2)6-7-15(14)22-3;/h6-7,9,12,17H,4-5,8,10-11H2,1-3H3,(H,18,20);1H. The molecule has 0 aliphatic carbocycles. The molecule has 1 aromatic rings. The first-order valence-corrected chi connectivity index (χ1v) is 7.57. The quantitative estimate of drug-likeness (QED) is 0.824. The fraction of sp³-hybridized carbons (Fsp3) is 0.562. The molecular weight excluding hydrogens is 318 g/mol. The molecule has 1 aromatic carbocycles. The number of halogens is 1. The van der Waals surface area contributed by atoms with E-state index in [0.29, 0.717) is 29.8 Å². The molecule has 7 heteroatoms. The smallest absolute Gasteiger partial charge is 0.238 e. The van der Waals surface area contributed by atoms with Gasteiger partial charge in [-0.2, -0.15) is 0 Å². The van der Waals surface area contributed by atoms with Gasteiger partial charge < -0.3 is 20.1 Å². The highest BCUT2D eigenvalue weighted by Crippen LogP contribution is 2.28. The average Bonchev–Trinajstić information content (AvgIpc) is 2.54. The fourth-order valence-corrected chi connectivity index (χ4v) is 2.74. The Labute approximate surface area is 143 Å². The van der Waals surface area contributed by atoms with E-state index in [0.717, 1.165) is 19.5 Å². The molecule has 0 bridgehead atoms. The van der Waals surface area contributed by atoms with Gasteiger partial charge in [0.15, 0.2) is 0 Å². The number of likely N-dealkylation sites (tertiary alicyclic amines) is 1. The number of methoxy groups -OCH3 is 2. The van der Waals surface area contributed by atoms with Crippen LogP contribution in [0, 0.1) is 0 Å². The van der Waals surface area contributed by atoms with Crippen LogP contribution < -0.4 is 20.1 Å². The molecule has 1 heterocycles. The predicted octanol–water partition coefficient (Wildman–Crippen LogP) is 1.75. The number of anilines is 1. The number of ether oxygens (including phenoxy) is 2. The SMILES string of the molecule is CNC1CCCN(CC(=O)Nc2cc(OC)ccc2OC)C1.Cl. The van der Waals surface area contributed by atoms with E-state index >= 15 is 0 Å². The van der Waals surface area contributed by atoms with E-state index in [1.165, 1.54) is 6.42 Å². The summed E-state index contributed by atoms with van der Waals surface area (Å²) in [5, 5.41) is 6.19. The van der Waals surface area contributed by atoms with Gasteiger partial charge in [-0.25, -0.2) is 0 Å². The van der Waals surface area contributed by atoms with Crippen molar-refractivity contribution in [2.75, 3.05) is 46.2 Å². The maximum atomic E-state index is 12.3. The second-order valence-corrected chi connectivity index (χ2v) is 5.48. The molecule has 2 N–H and O–H groups in total. The van der Waals surface area contributed by atoms with Gasteiger partial charge in [-0.1, -0.05) is 0 Å². The lowest BCUT2D eigenvalue weighted by molar-refractivity contribution is -0.117. The number of hydrogen-bond acceptors (Lipinski definition) is 5. The van der Waals surface area contributed by atoms with Crippen molar-refractivity contribution in [1.82, 2.24) is 10.2 Å². The van der Waals surface area contributed by atoms with Gasteiger partial charge in [-0.3, -0.25) is 9.69 Å². The number of hydrogen-bond donors (Lipinski definition) is 2. The largest absolute Gasteiger partial charge is 0.497 e. The predicted molar refractivity (Wildman–Crippen MR) is 93.9 cm³/mol. The highest BCUT2D eigenvalue weighted by atomic mass is 35.5. The van der Waals surface area contributed by atoms with Gasteiger partial charge in [0, 0.05) is 18.7 Å². The topological polar surface area (TPSA) is 62.8 Å². The van der Waals surface area contributed by atoms with Gasteiger partial charge in [0.25, 0.3) is 0 Å². The second kappa shape index (κ2) is 9.60. The Balaban J connectivity index is 0.00000264.